The van der Waals surface area contributed by atoms with Crippen molar-refractivity contribution in [3.8, 4) is 5.75 Å². The Hall–Kier alpha value is -1.86. The molecule has 0 radical (unpaired) electrons. The fraction of sp³-hybridized carbons (Fsp3) is 0.444. The number of pyridine rings is 1. The van der Waals surface area contributed by atoms with Crippen molar-refractivity contribution in [1.82, 2.24) is 4.98 Å². The minimum absolute atomic E-state index is 0.125. The Morgan fingerprint density at radius 3 is 2.76 bits per heavy atom. The van der Waals surface area contributed by atoms with Gasteiger partial charge in [0.25, 0.3) is 0 Å². The summed E-state index contributed by atoms with van der Waals surface area (Å²) < 4.78 is 40.3. The van der Waals surface area contributed by atoms with Crippen molar-refractivity contribution in [2.75, 3.05) is 6.61 Å². The van der Waals surface area contributed by atoms with E-state index in [1.807, 2.05) is 0 Å². The highest BCUT2D eigenvalue weighted by molar-refractivity contribution is 5.38. The summed E-state index contributed by atoms with van der Waals surface area (Å²) in [5, 5.41) is 10.5. The third kappa shape index (κ3) is 4.66. The Labute approximate surface area is 94.4 Å². The summed E-state index contributed by atoms with van der Waals surface area (Å²) in [6.45, 7) is -0.244. The van der Waals surface area contributed by atoms with Gasteiger partial charge in [0.1, 0.15) is 6.20 Å². The first kappa shape index (κ1) is 13.2. The molecule has 17 heavy (non-hydrogen) atoms. The number of nitrogens with zero attached hydrogens (tertiary/aromatic N) is 2. The summed E-state index contributed by atoms with van der Waals surface area (Å²) in [5.41, 5.74) is 0. The maximum Gasteiger partial charge on any atom is 0.406 e. The van der Waals surface area contributed by atoms with E-state index in [0.29, 0.717) is 0 Å². The first-order valence-corrected chi connectivity index (χ1v) is 4.69. The van der Waals surface area contributed by atoms with E-state index in [-0.39, 0.29) is 18.8 Å². The van der Waals surface area contributed by atoms with Crippen molar-refractivity contribution in [2.24, 2.45) is 0 Å². The van der Waals surface area contributed by atoms with Crippen LogP contribution in [0.5, 0.6) is 5.75 Å². The first-order valence-electron chi connectivity index (χ1n) is 4.69. The van der Waals surface area contributed by atoms with Crippen LogP contribution in [0.15, 0.2) is 18.3 Å². The van der Waals surface area contributed by atoms with Crippen molar-refractivity contribution in [2.45, 2.75) is 19.0 Å². The lowest BCUT2D eigenvalue weighted by Crippen LogP contribution is -2.10. The molecule has 1 aromatic rings. The van der Waals surface area contributed by atoms with Gasteiger partial charge in [-0.15, -0.1) is 0 Å². The second kappa shape index (κ2) is 5.46. The number of nitro groups is 1. The summed E-state index contributed by atoms with van der Waals surface area (Å²) in [4.78, 5) is 13.2. The van der Waals surface area contributed by atoms with Crippen LogP contribution in [0.4, 0.5) is 19.0 Å². The predicted molar refractivity (Wildman–Crippen MR) is 51.7 cm³/mol. The summed E-state index contributed by atoms with van der Waals surface area (Å²) in [7, 11) is 0. The van der Waals surface area contributed by atoms with Gasteiger partial charge in [-0.1, -0.05) is 0 Å². The van der Waals surface area contributed by atoms with Gasteiger partial charge in [-0.05, 0) is 28.5 Å². The van der Waals surface area contributed by atoms with E-state index in [1.54, 1.807) is 0 Å². The normalized spacial score (nSPS) is 11.2. The summed E-state index contributed by atoms with van der Waals surface area (Å²) in [6, 6.07) is 2.70. The molecule has 1 rings (SSSR count). The predicted octanol–water partition coefficient (Wildman–Crippen LogP) is 2.71. The minimum atomic E-state index is -4.25. The van der Waals surface area contributed by atoms with Gasteiger partial charge in [0.2, 0.25) is 5.75 Å². The average molecular weight is 250 g/mol. The highest BCUT2D eigenvalue weighted by Gasteiger charge is 2.26. The van der Waals surface area contributed by atoms with Crippen molar-refractivity contribution in [3.63, 3.8) is 0 Å². The van der Waals surface area contributed by atoms with Gasteiger partial charge in [-0.2, -0.15) is 13.2 Å². The average Bonchev–Trinajstić information content (AvgIpc) is 2.23. The van der Waals surface area contributed by atoms with Crippen molar-refractivity contribution in [1.29, 1.82) is 0 Å². The number of aromatic nitrogens is 1. The van der Waals surface area contributed by atoms with Gasteiger partial charge in [-0.3, -0.25) is 0 Å². The van der Waals surface area contributed by atoms with Crippen LogP contribution in [0, 0.1) is 10.1 Å². The summed E-state index contributed by atoms with van der Waals surface area (Å²) >= 11 is 0. The molecular formula is C9H9F3N2O3. The van der Waals surface area contributed by atoms with Gasteiger partial charge >= 0.3 is 12.0 Å². The molecule has 5 nitrogen and oxygen atoms in total. The van der Waals surface area contributed by atoms with Crippen LogP contribution >= 0.6 is 0 Å². The molecule has 0 aliphatic rings. The van der Waals surface area contributed by atoms with E-state index >= 15 is 0 Å². The third-order valence-electron chi connectivity index (χ3n) is 1.79. The van der Waals surface area contributed by atoms with Crippen molar-refractivity contribution < 1.29 is 22.8 Å². The Morgan fingerprint density at radius 2 is 2.18 bits per heavy atom. The zero-order chi connectivity index (χ0) is 12.9. The van der Waals surface area contributed by atoms with Crippen LogP contribution in [0.2, 0.25) is 0 Å². The first-order chi connectivity index (χ1) is 7.90. The van der Waals surface area contributed by atoms with Crippen molar-refractivity contribution in [3.05, 3.63) is 28.4 Å². The molecule has 0 saturated carbocycles. The Morgan fingerprint density at radius 1 is 1.47 bits per heavy atom. The highest BCUT2D eigenvalue weighted by Crippen LogP contribution is 2.24. The highest BCUT2D eigenvalue weighted by atomic mass is 19.4. The molecule has 0 aliphatic heterocycles. The fourth-order valence-electron chi connectivity index (χ4n) is 1.09. The number of hydrogen-bond acceptors (Lipinski definition) is 4. The second-order valence-electron chi connectivity index (χ2n) is 3.15. The molecule has 0 aromatic carbocycles. The monoisotopic (exact) mass is 250 g/mol. The number of ether oxygens (including phenoxy) is 1. The van der Waals surface area contributed by atoms with E-state index in [4.69, 9.17) is 4.74 Å². The molecule has 1 aromatic heterocycles. The fourth-order valence-corrected chi connectivity index (χ4v) is 1.09. The SMILES string of the molecule is O=[N+]([O-])c1ncccc1OCCCC(F)(F)F. The maximum atomic E-state index is 11.8. The number of rotatable bonds is 5. The number of hydrogen-bond donors (Lipinski definition) is 0. The third-order valence-corrected chi connectivity index (χ3v) is 1.79. The van der Waals surface area contributed by atoms with E-state index in [0.717, 1.165) is 0 Å². The molecule has 0 bridgehead atoms. The molecule has 0 aliphatic carbocycles. The standard InChI is InChI=1S/C9H9F3N2O3/c10-9(11,12)4-2-6-17-7-3-1-5-13-8(7)14(15)16/h1,3,5H,2,4,6H2. The largest absolute Gasteiger partial charge is 0.486 e. The van der Waals surface area contributed by atoms with E-state index < -0.39 is 23.3 Å². The van der Waals surface area contributed by atoms with Gasteiger partial charge < -0.3 is 14.9 Å². The van der Waals surface area contributed by atoms with Crippen LogP contribution in [-0.2, 0) is 0 Å². The van der Waals surface area contributed by atoms with E-state index in [9.17, 15) is 23.3 Å². The van der Waals surface area contributed by atoms with Crippen LogP contribution in [0.1, 0.15) is 12.8 Å². The van der Waals surface area contributed by atoms with Crippen LogP contribution in [-0.4, -0.2) is 22.7 Å². The topological polar surface area (TPSA) is 65.3 Å². The lowest BCUT2D eigenvalue weighted by molar-refractivity contribution is -0.390. The minimum Gasteiger partial charge on any atom is -0.486 e. The number of halogens is 3. The molecule has 0 N–H and O–H groups in total. The molecule has 1 heterocycles. The lowest BCUT2D eigenvalue weighted by atomic mass is 10.3. The Bertz CT molecular complexity index is 395. The van der Waals surface area contributed by atoms with E-state index in [2.05, 4.69) is 4.98 Å². The van der Waals surface area contributed by atoms with Gasteiger partial charge in [0, 0.05) is 6.42 Å². The molecule has 0 amide bonds. The molecular weight excluding hydrogens is 241 g/mol. The molecule has 0 fully saturated rings. The Kier molecular flexibility index (Phi) is 4.24. The van der Waals surface area contributed by atoms with Crippen LogP contribution in [0.25, 0.3) is 0 Å². The zero-order valence-electron chi connectivity index (χ0n) is 8.61. The smallest absolute Gasteiger partial charge is 0.406 e. The zero-order valence-corrected chi connectivity index (χ0v) is 8.61. The quantitative estimate of drug-likeness (QED) is 0.458. The second-order valence-corrected chi connectivity index (χ2v) is 3.15. The van der Waals surface area contributed by atoms with Crippen LogP contribution < -0.4 is 4.74 Å². The summed E-state index contributed by atoms with van der Waals surface area (Å²) in [6.07, 6.45) is -4.28. The van der Waals surface area contributed by atoms with E-state index in [1.165, 1.54) is 18.3 Å². The molecule has 8 heteroatoms. The lowest BCUT2D eigenvalue weighted by Gasteiger charge is -2.07. The van der Waals surface area contributed by atoms with Crippen molar-refractivity contribution >= 4 is 5.82 Å². The molecule has 0 atom stereocenters. The van der Waals surface area contributed by atoms with Gasteiger partial charge in [0.05, 0.1) is 6.61 Å². The van der Waals surface area contributed by atoms with Gasteiger partial charge in [-0.25, -0.2) is 0 Å². The molecule has 0 spiro atoms. The maximum absolute atomic E-state index is 11.8. The molecule has 94 valence electrons. The molecule has 0 saturated heterocycles. The number of alkyl halides is 3. The summed E-state index contributed by atoms with van der Waals surface area (Å²) in [5.74, 6) is -0.626. The molecule has 0 unspecified atom stereocenters. The van der Waals surface area contributed by atoms with Gasteiger partial charge in [0.15, 0.2) is 0 Å². The Balaban J connectivity index is 2.49. The van der Waals surface area contributed by atoms with Crippen LogP contribution in [0.3, 0.4) is 0 Å².